The van der Waals surface area contributed by atoms with Gasteiger partial charge >= 0.3 is 0 Å². The monoisotopic (exact) mass is 433 g/mol. The van der Waals surface area contributed by atoms with Crippen molar-refractivity contribution in [2.45, 2.75) is 6.54 Å². The van der Waals surface area contributed by atoms with Gasteiger partial charge in [-0.05, 0) is 41.5 Å². The highest BCUT2D eigenvalue weighted by Crippen LogP contribution is 2.29. The topological polar surface area (TPSA) is 97.4 Å². The molecule has 4 rings (SSSR count). The first-order valence-electron chi connectivity index (χ1n) is 9.46. The SMILES string of the molecule is COc1cc(CNC(=O)c2ccc3c(c2)C(=O)/C(=C/c2ccccc2)S(=O)N3)ccn1. The Balaban J connectivity index is 1.55. The number of allylic oxidation sites excluding steroid dienone is 1. The molecule has 0 radical (unpaired) electrons. The molecule has 31 heavy (non-hydrogen) atoms. The van der Waals surface area contributed by atoms with E-state index in [1.807, 2.05) is 30.3 Å². The smallest absolute Gasteiger partial charge is 0.251 e. The number of hydrogen-bond donors (Lipinski definition) is 2. The number of anilines is 1. The first kappa shape index (κ1) is 20.5. The number of carbonyl (C=O) groups excluding carboxylic acids is 2. The summed E-state index contributed by atoms with van der Waals surface area (Å²) in [5.74, 6) is -0.237. The third-order valence-electron chi connectivity index (χ3n) is 4.71. The summed E-state index contributed by atoms with van der Waals surface area (Å²) >= 11 is 0. The zero-order chi connectivity index (χ0) is 21.8. The summed E-state index contributed by atoms with van der Waals surface area (Å²) in [6, 6.07) is 17.4. The molecule has 1 aliphatic heterocycles. The summed E-state index contributed by atoms with van der Waals surface area (Å²) in [6.45, 7) is 0.282. The molecule has 0 spiro atoms. The number of nitrogens with zero attached hydrogens (tertiary/aromatic N) is 1. The second kappa shape index (κ2) is 8.93. The van der Waals surface area contributed by atoms with Gasteiger partial charge < -0.3 is 14.8 Å². The van der Waals surface area contributed by atoms with Crippen LogP contribution >= 0.6 is 0 Å². The molecule has 8 heteroatoms. The van der Waals surface area contributed by atoms with Gasteiger partial charge in [0.25, 0.3) is 5.91 Å². The third-order valence-corrected chi connectivity index (χ3v) is 5.82. The van der Waals surface area contributed by atoms with E-state index in [1.165, 1.54) is 13.2 Å². The van der Waals surface area contributed by atoms with Gasteiger partial charge in [0.05, 0.1) is 12.8 Å². The molecule has 1 atom stereocenters. The van der Waals surface area contributed by atoms with Crippen LogP contribution in [-0.4, -0.2) is 28.0 Å². The number of amides is 1. The number of hydrogen-bond acceptors (Lipinski definition) is 5. The molecular formula is C23H19N3O4S. The maximum Gasteiger partial charge on any atom is 0.251 e. The first-order chi connectivity index (χ1) is 15.0. The maximum atomic E-state index is 13.0. The predicted octanol–water partition coefficient (Wildman–Crippen LogP) is 3.33. The number of aromatic nitrogens is 1. The van der Waals surface area contributed by atoms with E-state index >= 15 is 0 Å². The molecule has 2 aromatic carbocycles. The minimum atomic E-state index is -1.68. The Bertz CT molecular complexity index is 1210. The van der Waals surface area contributed by atoms with Crippen molar-refractivity contribution in [3.8, 4) is 5.88 Å². The van der Waals surface area contributed by atoms with E-state index in [9.17, 15) is 13.8 Å². The number of ketones is 1. The number of fused-ring (bicyclic) bond motifs is 1. The van der Waals surface area contributed by atoms with Gasteiger partial charge in [0.15, 0.2) is 11.0 Å². The molecule has 1 amide bonds. The van der Waals surface area contributed by atoms with Gasteiger partial charge in [0.2, 0.25) is 11.7 Å². The Morgan fingerprint density at radius 3 is 2.74 bits per heavy atom. The van der Waals surface area contributed by atoms with Gasteiger partial charge in [-0.3, -0.25) is 9.59 Å². The summed E-state index contributed by atoms with van der Waals surface area (Å²) in [7, 11) is -0.151. The molecule has 0 saturated heterocycles. The van der Waals surface area contributed by atoms with Gasteiger partial charge in [-0.25, -0.2) is 9.19 Å². The van der Waals surface area contributed by atoms with Crippen molar-refractivity contribution in [2.24, 2.45) is 0 Å². The van der Waals surface area contributed by atoms with Gasteiger partial charge in [-0.2, -0.15) is 0 Å². The molecule has 0 saturated carbocycles. The standard InChI is InChI=1S/C23H19N3O4S/c1-30-21-12-16(9-10-24-21)14-25-23(28)17-7-8-19-18(13-17)22(27)20(31(29)26-19)11-15-5-3-2-4-6-15/h2-13,26H,14H2,1H3,(H,25,28)/b20-11-. The highest BCUT2D eigenvalue weighted by Gasteiger charge is 2.28. The van der Waals surface area contributed by atoms with Crippen LogP contribution in [0.5, 0.6) is 5.88 Å². The third kappa shape index (κ3) is 4.54. The molecule has 2 N–H and O–H groups in total. The molecule has 2 heterocycles. The fourth-order valence-corrected chi connectivity index (χ4v) is 4.12. The lowest BCUT2D eigenvalue weighted by molar-refractivity contribution is 0.0951. The number of ether oxygens (including phenoxy) is 1. The van der Waals surface area contributed by atoms with E-state index < -0.39 is 11.0 Å². The molecule has 1 aliphatic rings. The fraction of sp³-hybridized carbons (Fsp3) is 0.0870. The van der Waals surface area contributed by atoms with Crippen molar-refractivity contribution in [3.63, 3.8) is 0 Å². The van der Waals surface area contributed by atoms with E-state index in [0.717, 1.165) is 11.1 Å². The zero-order valence-electron chi connectivity index (χ0n) is 16.6. The maximum absolute atomic E-state index is 13.0. The quantitative estimate of drug-likeness (QED) is 0.602. The highest BCUT2D eigenvalue weighted by molar-refractivity contribution is 7.91. The van der Waals surface area contributed by atoms with E-state index in [1.54, 1.807) is 36.5 Å². The number of benzene rings is 2. The summed E-state index contributed by atoms with van der Waals surface area (Å²) < 4.78 is 20.4. The number of Topliss-reactive ketones (excluding diaryl/α,β-unsaturated/α-hetero) is 1. The van der Waals surface area contributed by atoms with Crippen LogP contribution in [-0.2, 0) is 17.5 Å². The van der Waals surface area contributed by atoms with Gasteiger partial charge in [0.1, 0.15) is 4.91 Å². The summed E-state index contributed by atoms with van der Waals surface area (Å²) in [6.07, 6.45) is 3.20. The normalized spacial score (nSPS) is 16.4. The number of methoxy groups -OCH3 is 1. The zero-order valence-corrected chi connectivity index (χ0v) is 17.4. The molecule has 3 aromatic rings. The second-order valence-corrected chi connectivity index (χ2v) is 7.95. The predicted molar refractivity (Wildman–Crippen MR) is 119 cm³/mol. The Morgan fingerprint density at radius 2 is 1.97 bits per heavy atom. The largest absolute Gasteiger partial charge is 0.481 e. The minimum Gasteiger partial charge on any atom is -0.481 e. The van der Waals surface area contributed by atoms with Crippen LogP contribution in [0.1, 0.15) is 31.8 Å². The van der Waals surface area contributed by atoms with Crippen LogP contribution in [0.3, 0.4) is 0 Å². The van der Waals surface area contributed by atoms with Crippen molar-refractivity contribution in [1.29, 1.82) is 0 Å². The van der Waals surface area contributed by atoms with Crippen LogP contribution in [0, 0.1) is 0 Å². The molecule has 0 bridgehead atoms. The van der Waals surface area contributed by atoms with E-state index in [0.29, 0.717) is 22.7 Å². The number of carbonyl (C=O) groups is 2. The lowest BCUT2D eigenvalue weighted by atomic mass is 10.0. The van der Waals surface area contributed by atoms with Crippen LogP contribution in [0.25, 0.3) is 6.08 Å². The Kier molecular flexibility index (Phi) is 5.90. The molecule has 1 unspecified atom stereocenters. The average Bonchev–Trinajstić information content (AvgIpc) is 2.81. The second-order valence-electron chi connectivity index (χ2n) is 6.77. The summed E-state index contributed by atoms with van der Waals surface area (Å²) in [5, 5.41) is 2.82. The lowest BCUT2D eigenvalue weighted by Gasteiger charge is -2.19. The van der Waals surface area contributed by atoms with Crippen LogP contribution < -0.4 is 14.8 Å². The van der Waals surface area contributed by atoms with Gasteiger partial charge in [-0.1, -0.05) is 30.3 Å². The number of pyridine rings is 1. The van der Waals surface area contributed by atoms with Crippen molar-refractivity contribution in [2.75, 3.05) is 11.8 Å². The molecule has 7 nitrogen and oxygen atoms in total. The van der Waals surface area contributed by atoms with Crippen molar-refractivity contribution in [3.05, 3.63) is 94.0 Å². The Hall–Kier alpha value is -3.78. The highest BCUT2D eigenvalue weighted by atomic mass is 32.2. The number of nitrogens with one attached hydrogen (secondary N) is 2. The van der Waals surface area contributed by atoms with Crippen molar-refractivity contribution < 1.29 is 18.5 Å². The average molecular weight is 433 g/mol. The Morgan fingerprint density at radius 1 is 1.16 bits per heavy atom. The molecule has 0 aliphatic carbocycles. The van der Waals surface area contributed by atoms with E-state index in [2.05, 4.69) is 15.0 Å². The minimum absolute atomic E-state index is 0.139. The first-order valence-corrected chi connectivity index (χ1v) is 10.6. The van der Waals surface area contributed by atoms with E-state index in [-0.39, 0.29) is 23.1 Å². The van der Waals surface area contributed by atoms with Crippen molar-refractivity contribution >= 4 is 34.4 Å². The van der Waals surface area contributed by atoms with Crippen molar-refractivity contribution in [1.82, 2.24) is 10.3 Å². The lowest BCUT2D eigenvalue weighted by Crippen LogP contribution is -2.25. The van der Waals surface area contributed by atoms with E-state index in [4.69, 9.17) is 4.74 Å². The van der Waals surface area contributed by atoms with Crippen LogP contribution in [0.4, 0.5) is 5.69 Å². The summed E-state index contributed by atoms with van der Waals surface area (Å²) in [5.41, 5.74) is 2.68. The molecular weight excluding hydrogens is 414 g/mol. The molecule has 0 fully saturated rings. The van der Waals surface area contributed by atoms with Crippen LogP contribution in [0.2, 0.25) is 0 Å². The van der Waals surface area contributed by atoms with Gasteiger partial charge in [0, 0.05) is 29.9 Å². The fourth-order valence-electron chi connectivity index (χ4n) is 3.11. The van der Waals surface area contributed by atoms with Gasteiger partial charge in [-0.15, -0.1) is 0 Å². The molecule has 156 valence electrons. The summed E-state index contributed by atoms with van der Waals surface area (Å²) in [4.78, 5) is 29.8. The van der Waals surface area contributed by atoms with Crippen LogP contribution in [0.15, 0.2) is 71.8 Å². The number of rotatable bonds is 5. The molecule has 1 aromatic heterocycles. The Labute approximate surface area is 181 Å².